The molecule has 0 radical (unpaired) electrons. The van der Waals surface area contributed by atoms with E-state index in [1.54, 1.807) is 4.90 Å². The summed E-state index contributed by atoms with van der Waals surface area (Å²) in [4.78, 5) is 30.2. The van der Waals surface area contributed by atoms with Crippen molar-refractivity contribution < 1.29 is 23.6 Å². The number of benzene rings is 2. The molecule has 0 N–H and O–H groups in total. The highest BCUT2D eigenvalue weighted by molar-refractivity contribution is 5.99. The summed E-state index contributed by atoms with van der Waals surface area (Å²) in [5, 5.41) is 11.5. The Balaban J connectivity index is 1.53. The number of ether oxygens (including phenoxy) is 2. The van der Waals surface area contributed by atoms with Crippen molar-refractivity contribution >= 4 is 22.7 Å². The molecule has 1 amide bonds. The third-order valence-electron chi connectivity index (χ3n) is 5.37. The number of hydrogen-bond acceptors (Lipinski definition) is 7. The summed E-state index contributed by atoms with van der Waals surface area (Å²) in [6.45, 7) is 0.904. The maximum atomic E-state index is 13.1. The Morgan fingerprint density at radius 3 is 2.47 bits per heavy atom. The van der Waals surface area contributed by atoms with Gasteiger partial charge in [0.05, 0.1) is 25.2 Å². The molecule has 2 heterocycles. The summed E-state index contributed by atoms with van der Waals surface area (Å²) in [6.07, 6.45) is 1.33. The minimum absolute atomic E-state index is 0.0158. The van der Waals surface area contributed by atoms with Gasteiger partial charge in [-0.15, -0.1) is 0 Å². The van der Waals surface area contributed by atoms with Crippen LogP contribution in [0.25, 0.3) is 11.1 Å². The number of hydrogen-bond donors (Lipinski definition) is 0. The number of amides is 1. The van der Waals surface area contributed by atoms with Gasteiger partial charge in [0.15, 0.2) is 23.0 Å². The van der Waals surface area contributed by atoms with Crippen LogP contribution in [0.3, 0.4) is 0 Å². The van der Waals surface area contributed by atoms with E-state index in [9.17, 15) is 14.9 Å². The molecule has 1 saturated heterocycles. The van der Waals surface area contributed by atoms with E-state index in [1.165, 1.54) is 26.4 Å². The first-order chi connectivity index (χ1) is 14.5. The first kappa shape index (κ1) is 19.7. The van der Waals surface area contributed by atoms with E-state index >= 15 is 0 Å². The molecule has 1 aliphatic rings. The van der Waals surface area contributed by atoms with Crippen LogP contribution < -0.4 is 9.47 Å². The smallest absolute Gasteiger partial charge is 0.286 e. The monoisotopic (exact) mass is 411 g/mol. The van der Waals surface area contributed by atoms with Crippen LogP contribution in [0.4, 0.5) is 5.69 Å². The molecule has 3 aromatic rings. The number of nitrogens with zero attached hydrogens (tertiary/aromatic N) is 3. The van der Waals surface area contributed by atoms with Crippen LogP contribution in [0.1, 0.15) is 35.0 Å². The number of carbonyl (C=O) groups excluding carboxylic acids is 1. The number of nitro benzene ring substituents is 1. The second-order valence-corrected chi connectivity index (χ2v) is 7.07. The number of nitro groups is 1. The lowest BCUT2D eigenvalue weighted by Crippen LogP contribution is -2.38. The van der Waals surface area contributed by atoms with Crippen molar-refractivity contribution in [3.8, 4) is 11.5 Å². The summed E-state index contributed by atoms with van der Waals surface area (Å²) < 4.78 is 16.2. The van der Waals surface area contributed by atoms with Crippen LogP contribution in [0.5, 0.6) is 11.5 Å². The van der Waals surface area contributed by atoms with Crippen molar-refractivity contribution in [1.82, 2.24) is 9.88 Å². The van der Waals surface area contributed by atoms with Crippen LogP contribution in [-0.4, -0.2) is 48.0 Å². The quantitative estimate of drug-likeness (QED) is 0.464. The maximum Gasteiger partial charge on any atom is 0.286 e. The zero-order chi connectivity index (χ0) is 21.3. The predicted molar refractivity (Wildman–Crippen MR) is 108 cm³/mol. The number of rotatable bonds is 5. The Kier molecular flexibility index (Phi) is 5.26. The molecule has 4 rings (SSSR count). The van der Waals surface area contributed by atoms with Crippen LogP contribution in [0.15, 0.2) is 40.8 Å². The first-order valence-electron chi connectivity index (χ1n) is 9.57. The van der Waals surface area contributed by atoms with E-state index in [1.807, 2.05) is 24.3 Å². The fraction of sp³-hybridized carbons (Fsp3) is 0.333. The molecule has 0 bridgehead atoms. The van der Waals surface area contributed by atoms with Gasteiger partial charge >= 0.3 is 0 Å². The molecule has 30 heavy (non-hydrogen) atoms. The lowest BCUT2D eigenvalue weighted by molar-refractivity contribution is -0.385. The van der Waals surface area contributed by atoms with Crippen molar-refractivity contribution in [2.45, 2.75) is 18.8 Å². The Hall–Kier alpha value is -3.62. The highest BCUT2D eigenvalue weighted by Crippen LogP contribution is 2.36. The van der Waals surface area contributed by atoms with Gasteiger partial charge in [0.2, 0.25) is 0 Å². The van der Waals surface area contributed by atoms with Crippen LogP contribution in [0, 0.1) is 10.1 Å². The van der Waals surface area contributed by atoms with Gasteiger partial charge in [-0.1, -0.05) is 12.1 Å². The second kappa shape index (κ2) is 8.02. The van der Waals surface area contributed by atoms with Gasteiger partial charge in [-0.05, 0) is 25.0 Å². The summed E-state index contributed by atoms with van der Waals surface area (Å²) >= 11 is 0. The zero-order valence-electron chi connectivity index (χ0n) is 16.7. The number of fused-ring (bicyclic) bond motifs is 1. The highest BCUT2D eigenvalue weighted by atomic mass is 16.6. The fourth-order valence-corrected chi connectivity index (χ4v) is 3.76. The molecule has 1 aromatic heterocycles. The maximum absolute atomic E-state index is 13.1. The summed E-state index contributed by atoms with van der Waals surface area (Å²) in [6, 6.07) is 10.2. The average molecular weight is 411 g/mol. The van der Waals surface area contributed by atoms with Crippen LogP contribution in [0.2, 0.25) is 0 Å². The molecule has 1 aliphatic heterocycles. The van der Waals surface area contributed by atoms with E-state index in [2.05, 4.69) is 4.98 Å². The summed E-state index contributed by atoms with van der Waals surface area (Å²) in [5.74, 6) is 0.837. The van der Waals surface area contributed by atoms with Gasteiger partial charge in [-0.3, -0.25) is 14.9 Å². The molecule has 2 aromatic carbocycles. The normalized spacial score (nSPS) is 14.7. The largest absolute Gasteiger partial charge is 0.493 e. The molecule has 9 nitrogen and oxygen atoms in total. The van der Waals surface area contributed by atoms with Gasteiger partial charge in [0.1, 0.15) is 11.1 Å². The van der Waals surface area contributed by atoms with Gasteiger partial charge < -0.3 is 18.8 Å². The number of oxazole rings is 1. The molecular formula is C21H21N3O6. The van der Waals surface area contributed by atoms with Gasteiger partial charge in [-0.25, -0.2) is 4.98 Å². The third kappa shape index (κ3) is 3.54. The SMILES string of the molecule is COc1cc(C(=O)N2CCC(c3nc4ccccc4o3)CC2)c([N+](=O)[O-])cc1OC. The van der Waals surface area contributed by atoms with Crippen molar-refractivity contribution in [2.75, 3.05) is 27.3 Å². The standard InChI is InChI=1S/C21H21N3O6/c1-28-18-11-14(16(24(26)27)12-19(18)29-2)21(25)23-9-7-13(8-10-23)20-22-15-5-3-4-6-17(15)30-20/h3-6,11-13H,7-10H2,1-2H3. The Morgan fingerprint density at radius 2 is 1.83 bits per heavy atom. The van der Waals surface area contributed by atoms with E-state index in [4.69, 9.17) is 13.9 Å². The number of para-hydroxylation sites is 2. The van der Waals surface area contributed by atoms with E-state index in [0.29, 0.717) is 31.8 Å². The molecule has 0 unspecified atom stereocenters. The third-order valence-corrected chi connectivity index (χ3v) is 5.37. The van der Waals surface area contributed by atoms with Crippen LogP contribution >= 0.6 is 0 Å². The molecular weight excluding hydrogens is 390 g/mol. The fourth-order valence-electron chi connectivity index (χ4n) is 3.76. The highest BCUT2D eigenvalue weighted by Gasteiger charge is 2.32. The molecule has 0 aliphatic carbocycles. The second-order valence-electron chi connectivity index (χ2n) is 7.07. The summed E-state index contributed by atoms with van der Waals surface area (Å²) in [5.41, 5.74) is 1.23. The van der Waals surface area contributed by atoms with E-state index in [0.717, 1.165) is 11.1 Å². The Labute approximate surface area is 172 Å². The van der Waals surface area contributed by atoms with Gasteiger partial charge in [-0.2, -0.15) is 0 Å². The van der Waals surface area contributed by atoms with Crippen molar-refractivity contribution in [3.63, 3.8) is 0 Å². The molecule has 1 fully saturated rings. The molecule has 0 spiro atoms. The van der Waals surface area contributed by atoms with Crippen molar-refractivity contribution in [2.24, 2.45) is 0 Å². The van der Waals surface area contributed by atoms with Crippen molar-refractivity contribution in [3.05, 3.63) is 58.0 Å². The number of likely N-dealkylation sites (tertiary alicyclic amines) is 1. The van der Waals surface area contributed by atoms with Crippen LogP contribution in [-0.2, 0) is 0 Å². The van der Waals surface area contributed by atoms with Gasteiger partial charge in [0.25, 0.3) is 11.6 Å². The number of piperidine rings is 1. The van der Waals surface area contributed by atoms with E-state index in [-0.39, 0.29) is 28.7 Å². The lowest BCUT2D eigenvalue weighted by Gasteiger charge is -2.30. The lowest BCUT2D eigenvalue weighted by atomic mass is 9.96. The minimum atomic E-state index is -0.583. The molecule has 0 atom stereocenters. The Bertz CT molecular complexity index is 1070. The first-order valence-corrected chi connectivity index (χ1v) is 9.57. The van der Waals surface area contributed by atoms with Crippen molar-refractivity contribution in [1.29, 1.82) is 0 Å². The zero-order valence-corrected chi connectivity index (χ0v) is 16.7. The number of carbonyl (C=O) groups is 1. The average Bonchev–Trinajstić information content (AvgIpc) is 3.22. The summed E-state index contributed by atoms with van der Waals surface area (Å²) in [7, 11) is 2.81. The number of methoxy groups -OCH3 is 2. The minimum Gasteiger partial charge on any atom is -0.493 e. The number of aromatic nitrogens is 1. The van der Waals surface area contributed by atoms with Gasteiger partial charge in [0, 0.05) is 25.1 Å². The van der Waals surface area contributed by atoms with E-state index < -0.39 is 10.8 Å². The molecule has 9 heteroatoms. The molecule has 156 valence electrons. The Morgan fingerprint density at radius 1 is 1.17 bits per heavy atom. The predicted octanol–water partition coefficient (Wildman–Crippen LogP) is 3.77. The molecule has 0 saturated carbocycles. The topological polar surface area (TPSA) is 108 Å².